The van der Waals surface area contributed by atoms with Crippen molar-refractivity contribution in [2.24, 2.45) is 0 Å². The van der Waals surface area contributed by atoms with E-state index < -0.39 is 17.9 Å². The molecule has 0 bridgehead atoms. The smallest absolute Gasteiger partial charge is 0.315 e. The third-order valence-electron chi connectivity index (χ3n) is 3.44. The van der Waals surface area contributed by atoms with Crippen molar-refractivity contribution in [2.75, 3.05) is 6.61 Å². The van der Waals surface area contributed by atoms with Crippen LogP contribution < -0.4 is 20.7 Å². The Hall–Kier alpha value is -2.31. The molecule has 134 valence electrons. The van der Waals surface area contributed by atoms with Gasteiger partial charge < -0.3 is 20.7 Å². The van der Waals surface area contributed by atoms with E-state index in [4.69, 9.17) is 4.74 Å². The molecule has 3 atom stereocenters. The highest BCUT2D eigenvalue weighted by Crippen LogP contribution is 2.15. The van der Waals surface area contributed by atoms with Crippen LogP contribution in [0.2, 0.25) is 0 Å². The Kier molecular flexibility index (Phi) is 8.01. The van der Waals surface area contributed by atoms with Gasteiger partial charge in [0.15, 0.2) is 11.6 Å². The Bertz CT molecular complexity index is 554. The minimum atomic E-state index is -0.654. The van der Waals surface area contributed by atoms with Crippen LogP contribution in [0.3, 0.4) is 0 Å². The molecular formula is C17H26FN3O3. The van der Waals surface area contributed by atoms with Crippen molar-refractivity contribution in [2.45, 2.75) is 52.2 Å². The molecule has 1 aromatic rings. The first kappa shape index (κ1) is 19.7. The molecule has 0 heterocycles. The average Bonchev–Trinajstić information content (AvgIpc) is 2.53. The van der Waals surface area contributed by atoms with Gasteiger partial charge in [0.05, 0.1) is 6.04 Å². The van der Waals surface area contributed by atoms with Crippen molar-refractivity contribution >= 4 is 11.9 Å². The monoisotopic (exact) mass is 339 g/mol. The van der Waals surface area contributed by atoms with Gasteiger partial charge in [-0.25, -0.2) is 9.18 Å². The molecule has 0 aliphatic rings. The molecule has 0 fully saturated rings. The Morgan fingerprint density at radius 3 is 2.38 bits per heavy atom. The number of nitrogens with one attached hydrogen (secondary N) is 3. The summed E-state index contributed by atoms with van der Waals surface area (Å²) in [5.74, 6) is -0.563. The Labute approximate surface area is 142 Å². The quantitative estimate of drug-likeness (QED) is 0.679. The molecule has 3 amide bonds. The second-order valence-electron chi connectivity index (χ2n) is 5.80. The van der Waals surface area contributed by atoms with Crippen molar-refractivity contribution in [1.29, 1.82) is 0 Å². The fourth-order valence-electron chi connectivity index (χ4n) is 1.82. The second-order valence-corrected chi connectivity index (χ2v) is 5.80. The molecular weight excluding hydrogens is 313 g/mol. The number of hydrogen-bond acceptors (Lipinski definition) is 3. The summed E-state index contributed by atoms with van der Waals surface area (Å²) in [5, 5.41) is 8.00. The summed E-state index contributed by atoms with van der Waals surface area (Å²) in [5.41, 5.74) is 0. The Balaban J connectivity index is 2.36. The van der Waals surface area contributed by atoms with Gasteiger partial charge >= 0.3 is 6.03 Å². The van der Waals surface area contributed by atoms with Crippen molar-refractivity contribution in [3.63, 3.8) is 0 Å². The highest BCUT2D eigenvalue weighted by molar-refractivity contribution is 5.86. The van der Waals surface area contributed by atoms with Gasteiger partial charge in [0, 0.05) is 6.04 Å². The molecule has 0 spiro atoms. The molecule has 1 rings (SSSR count). The highest BCUT2D eigenvalue weighted by atomic mass is 19.1. The number of halogens is 1. The van der Waals surface area contributed by atoms with E-state index in [2.05, 4.69) is 16.0 Å². The number of hydrogen-bond donors (Lipinski definition) is 3. The van der Waals surface area contributed by atoms with Gasteiger partial charge in [-0.05, 0) is 39.3 Å². The Morgan fingerprint density at radius 2 is 1.75 bits per heavy atom. The largest absolute Gasteiger partial charge is 0.488 e. The first-order chi connectivity index (χ1) is 11.3. The molecule has 3 N–H and O–H groups in total. The standard InChI is InChI=1S/C17H26FN3O3/c1-5-11(2)19-16(22)13(4)21-17(23)20-12(3)10-24-15-9-7-6-8-14(15)18/h6-9,11-13H,5,10H2,1-4H3,(H,19,22)(H2,20,21,23)/t11-,12-,13-/m0/s1. The third-order valence-corrected chi connectivity index (χ3v) is 3.44. The molecule has 0 saturated heterocycles. The number of carbonyl (C=O) groups is 2. The predicted molar refractivity (Wildman–Crippen MR) is 90.4 cm³/mol. The normalized spacial score (nSPS) is 14.2. The molecule has 0 saturated carbocycles. The second kappa shape index (κ2) is 9.75. The fourth-order valence-corrected chi connectivity index (χ4v) is 1.82. The lowest BCUT2D eigenvalue weighted by Gasteiger charge is -2.20. The lowest BCUT2D eigenvalue weighted by molar-refractivity contribution is -0.123. The summed E-state index contributed by atoms with van der Waals surface area (Å²) >= 11 is 0. The van der Waals surface area contributed by atoms with Crippen LogP contribution in [0, 0.1) is 5.82 Å². The van der Waals surface area contributed by atoms with Crippen molar-refractivity contribution < 1.29 is 18.7 Å². The number of rotatable bonds is 8. The van der Waals surface area contributed by atoms with Gasteiger partial charge in [-0.3, -0.25) is 4.79 Å². The summed E-state index contributed by atoms with van der Waals surface area (Å²) < 4.78 is 18.7. The number of urea groups is 1. The van der Waals surface area contributed by atoms with Crippen LogP contribution in [0.5, 0.6) is 5.75 Å². The summed E-state index contributed by atoms with van der Waals surface area (Å²) in [7, 11) is 0. The highest BCUT2D eigenvalue weighted by Gasteiger charge is 2.18. The van der Waals surface area contributed by atoms with Crippen LogP contribution in [-0.4, -0.2) is 36.7 Å². The maximum Gasteiger partial charge on any atom is 0.315 e. The number of para-hydroxylation sites is 1. The van der Waals surface area contributed by atoms with Crippen molar-refractivity contribution in [3.8, 4) is 5.75 Å². The van der Waals surface area contributed by atoms with E-state index in [1.165, 1.54) is 12.1 Å². The third kappa shape index (κ3) is 6.85. The van der Waals surface area contributed by atoms with Gasteiger partial charge in [0.25, 0.3) is 0 Å². The molecule has 1 aromatic carbocycles. The van der Waals surface area contributed by atoms with Crippen LogP contribution in [0.15, 0.2) is 24.3 Å². The summed E-state index contributed by atoms with van der Waals surface area (Å²) in [6, 6.07) is 4.63. The van der Waals surface area contributed by atoms with Crippen LogP contribution in [0.25, 0.3) is 0 Å². The molecule has 7 heteroatoms. The molecule has 0 aromatic heterocycles. The number of ether oxygens (including phenoxy) is 1. The van der Waals surface area contributed by atoms with E-state index in [0.29, 0.717) is 0 Å². The average molecular weight is 339 g/mol. The minimum absolute atomic E-state index is 0.0536. The zero-order chi connectivity index (χ0) is 18.1. The van der Waals surface area contributed by atoms with Gasteiger partial charge in [0.1, 0.15) is 12.6 Å². The van der Waals surface area contributed by atoms with E-state index in [1.54, 1.807) is 26.0 Å². The minimum Gasteiger partial charge on any atom is -0.488 e. The Morgan fingerprint density at radius 1 is 1.08 bits per heavy atom. The molecule has 0 radical (unpaired) electrons. The lowest BCUT2D eigenvalue weighted by Crippen LogP contribution is -2.52. The van der Waals surface area contributed by atoms with Crippen LogP contribution in [0.4, 0.5) is 9.18 Å². The molecule has 24 heavy (non-hydrogen) atoms. The zero-order valence-electron chi connectivity index (χ0n) is 14.6. The van der Waals surface area contributed by atoms with Crippen LogP contribution in [0.1, 0.15) is 34.1 Å². The van der Waals surface area contributed by atoms with E-state index in [9.17, 15) is 14.0 Å². The van der Waals surface area contributed by atoms with Crippen molar-refractivity contribution in [1.82, 2.24) is 16.0 Å². The number of carbonyl (C=O) groups excluding carboxylic acids is 2. The van der Waals surface area contributed by atoms with Crippen molar-refractivity contribution in [3.05, 3.63) is 30.1 Å². The van der Waals surface area contributed by atoms with E-state index in [-0.39, 0.29) is 30.3 Å². The number of amides is 3. The fraction of sp³-hybridized carbons (Fsp3) is 0.529. The molecule has 0 aliphatic heterocycles. The van der Waals surface area contributed by atoms with E-state index in [1.807, 2.05) is 13.8 Å². The summed E-state index contributed by atoms with van der Waals surface area (Å²) in [4.78, 5) is 23.7. The molecule has 0 unspecified atom stereocenters. The van der Waals surface area contributed by atoms with Gasteiger partial charge in [-0.2, -0.15) is 0 Å². The summed E-state index contributed by atoms with van der Waals surface area (Å²) in [6.45, 7) is 7.31. The summed E-state index contributed by atoms with van der Waals surface area (Å²) in [6.07, 6.45) is 0.815. The lowest BCUT2D eigenvalue weighted by atomic mass is 10.2. The van der Waals surface area contributed by atoms with Gasteiger partial charge in [-0.1, -0.05) is 19.1 Å². The van der Waals surface area contributed by atoms with Gasteiger partial charge in [0.2, 0.25) is 5.91 Å². The first-order valence-corrected chi connectivity index (χ1v) is 8.08. The number of benzene rings is 1. The molecule has 6 nitrogen and oxygen atoms in total. The predicted octanol–water partition coefficient (Wildman–Crippen LogP) is 2.20. The topological polar surface area (TPSA) is 79.5 Å². The maximum atomic E-state index is 13.4. The van der Waals surface area contributed by atoms with Gasteiger partial charge in [-0.15, -0.1) is 0 Å². The maximum absolute atomic E-state index is 13.4. The van der Waals surface area contributed by atoms with Crippen LogP contribution in [-0.2, 0) is 4.79 Å². The SMILES string of the molecule is CC[C@H](C)NC(=O)[C@H](C)NC(=O)N[C@@H](C)COc1ccccc1F. The van der Waals surface area contributed by atoms with Crippen LogP contribution >= 0.6 is 0 Å². The first-order valence-electron chi connectivity index (χ1n) is 8.08. The zero-order valence-corrected chi connectivity index (χ0v) is 14.6. The molecule has 0 aliphatic carbocycles. The van der Waals surface area contributed by atoms with E-state index >= 15 is 0 Å². The van der Waals surface area contributed by atoms with E-state index in [0.717, 1.165) is 6.42 Å².